The average Bonchev–Trinajstić information content (AvgIpc) is 2.80. The molecule has 7 heteroatoms. The predicted octanol–water partition coefficient (Wildman–Crippen LogP) is 2.89. The molecule has 1 aliphatic heterocycles. The van der Waals surface area contributed by atoms with Gasteiger partial charge in [0.05, 0.1) is 31.1 Å². The molecule has 0 spiro atoms. The molecule has 0 radical (unpaired) electrons. The van der Waals surface area contributed by atoms with E-state index in [1.165, 1.54) is 0 Å². The molecule has 2 N–H and O–H groups in total. The lowest BCUT2D eigenvalue weighted by Gasteiger charge is -2.26. The fourth-order valence-electron chi connectivity index (χ4n) is 3.21. The van der Waals surface area contributed by atoms with Gasteiger partial charge in [0, 0.05) is 44.0 Å². The summed E-state index contributed by atoms with van der Waals surface area (Å²) < 4.78 is 5.41. The summed E-state index contributed by atoms with van der Waals surface area (Å²) in [5, 5.41) is 6.75. The Morgan fingerprint density at radius 2 is 1.76 bits per heavy atom. The lowest BCUT2D eigenvalue weighted by atomic mass is 10.1. The van der Waals surface area contributed by atoms with Crippen molar-refractivity contribution in [3.63, 3.8) is 0 Å². The maximum absolute atomic E-state index is 5.41. The number of aromatic nitrogens is 3. The van der Waals surface area contributed by atoms with Crippen molar-refractivity contribution in [2.45, 2.75) is 6.54 Å². The fraction of sp³-hybridized carbons (Fsp3) is 0.318. The van der Waals surface area contributed by atoms with Gasteiger partial charge in [-0.3, -0.25) is 9.88 Å². The highest BCUT2D eigenvalue weighted by molar-refractivity contribution is 5.64. The van der Waals surface area contributed by atoms with Crippen LogP contribution in [-0.4, -0.2) is 59.2 Å². The number of ether oxygens (including phenoxy) is 1. The molecule has 0 amide bonds. The summed E-state index contributed by atoms with van der Waals surface area (Å²) in [5.74, 6) is 1.40. The lowest BCUT2D eigenvalue weighted by Crippen LogP contribution is -2.39. The van der Waals surface area contributed by atoms with E-state index in [0.717, 1.165) is 62.2 Å². The minimum absolute atomic E-state index is 0.610. The second kappa shape index (κ2) is 9.95. The number of hydrogen-bond acceptors (Lipinski definition) is 7. The van der Waals surface area contributed by atoms with E-state index in [0.29, 0.717) is 12.5 Å². The van der Waals surface area contributed by atoms with E-state index in [4.69, 9.17) is 9.72 Å². The first-order valence-electron chi connectivity index (χ1n) is 9.99. The summed E-state index contributed by atoms with van der Waals surface area (Å²) in [5.41, 5.74) is 2.92. The van der Waals surface area contributed by atoms with Gasteiger partial charge in [0.1, 0.15) is 5.82 Å². The van der Waals surface area contributed by atoms with E-state index >= 15 is 0 Å². The standard InChI is InChI=1S/C22H26N6O/c1-2-6-18(7-3-1)20-16-21(25-17-19-8-4-5-9-23-19)27-22(26-20)24-10-11-28-12-14-29-15-13-28/h1-9,16H,10-15,17H2,(H2,24,25,26,27). The second-order valence-corrected chi connectivity index (χ2v) is 6.88. The van der Waals surface area contributed by atoms with E-state index < -0.39 is 0 Å². The molecule has 1 fully saturated rings. The van der Waals surface area contributed by atoms with E-state index in [1.54, 1.807) is 6.20 Å². The van der Waals surface area contributed by atoms with Crippen molar-refractivity contribution >= 4 is 11.8 Å². The van der Waals surface area contributed by atoms with Crippen LogP contribution in [0.2, 0.25) is 0 Å². The van der Waals surface area contributed by atoms with Crippen molar-refractivity contribution in [1.82, 2.24) is 19.9 Å². The minimum Gasteiger partial charge on any atom is -0.379 e. The van der Waals surface area contributed by atoms with E-state index in [9.17, 15) is 0 Å². The third-order valence-corrected chi connectivity index (χ3v) is 4.79. The molecule has 0 atom stereocenters. The van der Waals surface area contributed by atoms with Gasteiger partial charge in [0.15, 0.2) is 0 Å². The molecule has 29 heavy (non-hydrogen) atoms. The normalized spacial score (nSPS) is 14.5. The molecule has 0 bridgehead atoms. The second-order valence-electron chi connectivity index (χ2n) is 6.88. The Bertz CT molecular complexity index is 884. The third-order valence-electron chi connectivity index (χ3n) is 4.79. The van der Waals surface area contributed by atoms with Gasteiger partial charge < -0.3 is 15.4 Å². The van der Waals surface area contributed by atoms with E-state index in [1.807, 2.05) is 42.5 Å². The SMILES string of the molecule is c1ccc(-c2cc(NCc3ccccn3)nc(NCCN3CCOCC3)n2)cc1. The average molecular weight is 390 g/mol. The monoisotopic (exact) mass is 390 g/mol. The molecular formula is C22H26N6O. The number of nitrogens with zero attached hydrogens (tertiary/aromatic N) is 4. The van der Waals surface area contributed by atoms with Crippen LogP contribution in [0, 0.1) is 0 Å². The van der Waals surface area contributed by atoms with Gasteiger partial charge in [0.2, 0.25) is 5.95 Å². The van der Waals surface area contributed by atoms with Crippen molar-refractivity contribution in [2.75, 3.05) is 50.0 Å². The Labute approximate surface area is 171 Å². The first-order chi connectivity index (χ1) is 14.4. The minimum atomic E-state index is 0.610. The van der Waals surface area contributed by atoms with Gasteiger partial charge in [-0.1, -0.05) is 36.4 Å². The molecular weight excluding hydrogens is 364 g/mol. The number of pyridine rings is 1. The van der Waals surface area contributed by atoms with E-state index in [2.05, 4.69) is 37.6 Å². The zero-order chi connectivity index (χ0) is 19.7. The Morgan fingerprint density at radius 3 is 2.55 bits per heavy atom. The molecule has 0 saturated carbocycles. The van der Waals surface area contributed by atoms with E-state index in [-0.39, 0.29) is 0 Å². The van der Waals surface area contributed by atoms with Gasteiger partial charge in [-0.2, -0.15) is 4.98 Å². The van der Waals surface area contributed by atoms with Crippen LogP contribution in [0.1, 0.15) is 5.69 Å². The first-order valence-corrected chi connectivity index (χ1v) is 9.99. The zero-order valence-electron chi connectivity index (χ0n) is 16.4. The van der Waals surface area contributed by atoms with Crippen molar-refractivity contribution < 1.29 is 4.74 Å². The number of hydrogen-bond donors (Lipinski definition) is 2. The predicted molar refractivity (Wildman–Crippen MR) is 115 cm³/mol. The van der Waals surface area contributed by atoms with Crippen LogP contribution in [0.5, 0.6) is 0 Å². The number of morpholine rings is 1. The molecule has 3 heterocycles. The highest BCUT2D eigenvalue weighted by atomic mass is 16.5. The number of anilines is 2. The van der Waals surface area contributed by atoms with Crippen LogP contribution < -0.4 is 10.6 Å². The molecule has 0 unspecified atom stereocenters. The summed E-state index contributed by atoms with van der Waals surface area (Å²) >= 11 is 0. The number of rotatable bonds is 8. The molecule has 1 saturated heterocycles. The maximum Gasteiger partial charge on any atom is 0.225 e. The molecule has 2 aromatic heterocycles. The summed E-state index contributed by atoms with van der Waals surface area (Å²) in [6.07, 6.45) is 1.80. The Balaban J connectivity index is 1.46. The molecule has 0 aliphatic carbocycles. The summed E-state index contributed by atoms with van der Waals surface area (Å²) in [7, 11) is 0. The summed E-state index contributed by atoms with van der Waals surface area (Å²) in [6, 6.07) is 18.0. The quantitative estimate of drug-likeness (QED) is 0.612. The van der Waals surface area contributed by atoms with Gasteiger partial charge in [-0.05, 0) is 12.1 Å². The topological polar surface area (TPSA) is 75.2 Å². The van der Waals surface area contributed by atoms with Crippen LogP contribution in [0.3, 0.4) is 0 Å². The third kappa shape index (κ3) is 5.73. The molecule has 150 valence electrons. The Morgan fingerprint density at radius 1 is 0.931 bits per heavy atom. The van der Waals surface area contributed by atoms with Crippen LogP contribution in [0.15, 0.2) is 60.8 Å². The van der Waals surface area contributed by atoms with Crippen LogP contribution >= 0.6 is 0 Å². The lowest BCUT2D eigenvalue weighted by molar-refractivity contribution is 0.0398. The summed E-state index contributed by atoms with van der Waals surface area (Å²) in [6.45, 7) is 5.91. The van der Waals surface area contributed by atoms with Gasteiger partial charge in [-0.15, -0.1) is 0 Å². The molecule has 4 rings (SSSR count). The maximum atomic E-state index is 5.41. The van der Waals surface area contributed by atoms with Crippen molar-refractivity contribution in [3.8, 4) is 11.3 Å². The number of nitrogens with one attached hydrogen (secondary N) is 2. The van der Waals surface area contributed by atoms with Gasteiger partial charge >= 0.3 is 0 Å². The zero-order valence-corrected chi connectivity index (χ0v) is 16.4. The molecule has 1 aromatic carbocycles. The van der Waals surface area contributed by atoms with Crippen LogP contribution in [-0.2, 0) is 11.3 Å². The molecule has 3 aromatic rings. The first kappa shape index (κ1) is 19.3. The largest absolute Gasteiger partial charge is 0.379 e. The molecule has 7 nitrogen and oxygen atoms in total. The smallest absolute Gasteiger partial charge is 0.225 e. The van der Waals surface area contributed by atoms with Crippen molar-refractivity contribution in [3.05, 3.63) is 66.5 Å². The summed E-state index contributed by atoms with van der Waals surface area (Å²) in [4.78, 5) is 16.1. The van der Waals surface area contributed by atoms with Gasteiger partial charge in [-0.25, -0.2) is 4.98 Å². The van der Waals surface area contributed by atoms with Crippen LogP contribution in [0.25, 0.3) is 11.3 Å². The number of benzene rings is 1. The fourth-order valence-corrected chi connectivity index (χ4v) is 3.21. The Hall–Kier alpha value is -3.03. The molecule has 1 aliphatic rings. The van der Waals surface area contributed by atoms with Gasteiger partial charge in [0.25, 0.3) is 0 Å². The Kier molecular flexibility index (Phi) is 6.62. The van der Waals surface area contributed by atoms with Crippen molar-refractivity contribution in [2.24, 2.45) is 0 Å². The van der Waals surface area contributed by atoms with Crippen molar-refractivity contribution in [1.29, 1.82) is 0 Å². The highest BCUT2D eigenvalue weighted by Crippen LogP contribution is 2.21. The highest BCUT2D eigenvalue weighted by Gasteiger charge is 2.11. The van der Waals surface area contributed by atoms with Crippen LogP contribution in [0.4, 0.5) is 11.8 Å².